The zero-order chi connectivity index (χ0) is 13.2. The van der Waals surface area contributed by atoms with Crippen molar-refractivity contribution in [3.8, 4) is 0 Å². The third kappa shape index (κ3) is 2.51. The molecule has 2 heterocycles. The molecule has 1 aliphatic carbocycles. The number of pyridine rings is 1. The highest BCUT2D eigenvalue weighted by Gasteiger charge is 2.25. The van der Waals surface area contributed by atoms with E-state index in [0.717, 1.165) is 5.82 Å². The highest BCUT2D eigenvalue weighted by molar-refractivity contribution is 5.40. The molecule has 2 aromatic rings. The van der Waals surface area contributed by atoms with E-state index in [0.29, 0.717) is 18.4 Å². The molecule has 0 aliphatic heterocycles. The van der Waals surface area contributed by atoms with E-state index >= 15 is 0 Å². The van der Waals surface area contributed by atoms with Crippen molar-refractivity contribution in [1.29, 1.82) is 0 Å². The van der Waals surface area contributed by atoms with Gasteiger partial charge >= 0.3 is 0 Å². The third-order valence-corrected chi connectivity index (χ3v) is 2.97. The number of hydrogen-bond acceptors (Lipinski definition) is 6. The zero-order valence-corrected chi connectivity index (χ0v) is 10.1. The van der Waals surface area contributed by atoms with Crippen LogP contribution in [0, 0.1) is 10.1 Å². The van der Waals surface area contributed by atoms with Gasteiger partial charge in [0.25, 0.3) is 5.69 Å². The first-order valence-corrected chi connectivity index (χ1v) is 5.97. The van der Waals surface area contributed by atoms with Crippen molar-refractivity contribution >= 4 is 11.5 Å². The molecule has 0 saturated heterocycles. The molecule has 0 radical (unpaired) electrons. The van der Waals surface area contributed by atoms with E-state index in [-0.39, 0.29) is 5.69 Å². The van der Waals surface area contributed by atoms with Gasteiger partial charge in [-0.05, 0) is 18.9 Å². The maximum absolute atomic E-state index is 10.5. The number of nitrogens with zero attached hydrogens (tertiary/aromatic N) is 5. The molecule has 0 bridgehead atoms. The van der Waals surface area contributed by atoms with Crippen molar-refractivity contribution in [3.63, 3.8) is 0 Å². The molecule has 8 nitrogen and oxygen atoms in total. The van der Waals surface area contributed by atoms with Gasteiger partial charge in [-0.15, -0.1) is 10.2 Å². The summed E-state index contributed by atoms with van der Waals surface area (Å²) in [7, 11) is 0. The van der Waals surface area contributed by atoms with Gasteiger partial charge in [0.2, 0.25) is 0 Å². The first kappa shape index (κ1) is 11.6. The molecule has 0 amide bonds. The van der Waals surface area contributed by atoms with Crippen molar-refractivity contribution in [2.24, 2.45) is 0 Å². The molecule has 8 heteroatoms. The van der Waals surface area contributed by atoms with E-state index in [9.17, 15) is 10.1 Å². The van der Waals surface area contributed by atoms with Crippen LogP contribution in [0.4, 0.5) is 11.5 Å². The molecule has 0 spiro atoms. The van der Waals surface area contributed by atoms with E-state index in [1.54, 1.807) is 12.4 Å². The topological polar surface area (TPSA) is 98.8 Å². The van der Waals surface area contributed by atoms with Crippen molar-refractivity contribution in [3.05, 3.63) is 40.6 Å². The van der Waals surface area contributed by atoms with E-state index < -0.39 is 4.92 Å². The van der Waals surface area contributed by atoms with Crippen LogP contribution in [0.2, 0.25) is 0 Å². The molecular weight excluding hydrogens is 248 g/mol. The lowest BCUT2D eigenvalue weighted by molar-refractivity contribution is -0.385. The Hall–Kier alpha value is -2.51. The summed E-state index contributed by atoms with van der Waals surface area (Å²) in [5.74, 6) is 1.43. The minimum atomic E-state index is -0.472. The van der Waals surface area contributed by atoms with Crippen LogP contribution in [-0.2, 0) is 6.54 Å². The Morgan fingerprint density at radius 3 is 2.95 bits per heavy atom. The molecule has 0 aromatic carbocycles. The summed E-state index contributed by atoms with van der Waals surface area (Å²) in [5.41, 5.74) is -0.0216. The second kappa shape index (κ2) is 4.63. The Labute approximate surface area is 108 Å². The minimum Gasteiger partial charge on any atom is -0.363 e. The number of nitrogens with one attached hydrogen (secondary N) is 1. The van der Waals surface area contributed by atoms with Gasteiger partial charge in [-0.2, -0.15) is 0 Å². The zero-order valence-electron chi connectivity index (χ0n) is 10.1. The van der Waals surface area contributed by atoms with Gasteiger partial charge in [0, 0.05) is 12.1 Å². The highest BCUT2D eigenvalue weighted by Crippen LogP contribution is 2.35. The molecule has 1 aliphatic rings. The molecule has 0 unspecified atom stereocenters. The molecular formula is C11H12N6O2. The summed E-state index contributed by atoms with van der Waals surface area (Å²) in [5, 5.41) is 21.5. The monoisotopic (exact) mass is 260 g/mol. The van der Waals surface area contributed by atoms with Gasteiger partial charge in [-0.3, -0.25) is 10.1 Å². The SMILES string of the molecule is O=[N+]([O-])c1ccc(NCc2nncn2C2CC2)nc1. The third-order valence-electron chi connectivity index (χ3n) is 2.97. The first-order chi connectivity index (χ1) is 9.24. The maximum Gasteiger partial charge on any atom is 0.287 e. The quantitative estimate of drug-likeness (QED) is 0.646. The van der Waals surface area contributed by atoms with Gasteiger partial charge in [-0.1, -0.05) is 0 Å². The number of rotatable bonds is 5. The summed E-state index contributed by atoms with van der Waals surface area (Å²) < 4.78 is 2.05. The highest BCUT2D eigenvalue weighted by atomic mass is 16.6. The molecule has 19 heavy (non-hydrogen) atoms. The average molecular weight is 260 g/mol. The smallest absolute Gasteiger partial charge is 0.287 e. The van der Waals surface area contributed by atoms with Crippen LogP contribution in [0.15, 0.2) is 24.7 Å². The van der Waals surface area contributed by atoms with Gasteiger partial charge in [0.15, 0.2) is 5.82 Å². The van der Waals surface area contributed by atoms with Crippen molar-refractivity contribution in [1.82, 2.24) is 19.7 Å². The number of hydrogen-bond donors (Lipinski definition) is 1. The lowest BCUT2D eigenvalue weighted by Gasteiger charge is -2.06. The van der Waals surface area contributed by atoms with Crippen LogP contribution in [0.5, 0.6) is 0 Å². The fourth-order valence-corrected chi connectivity index (χ4v) is 1.82. The van der Waals surface area contributed by atoms with Crippen molar-refractivity contribution in [2.45, 2.75) is 25.4 Å². The van der Waals surface area contributed by atoms with Gasteiger partial charge in [-0.25, -0.2) is 4.98 Å². The van der Waals surface area contributed by atoms with E-state index in [4.69, 9.17) is 0 Å². The van der Waals surface area contributed by atoms with Crippen LogP contribution < -0.4 is 5.32 Å². The summed E-state index contributed by atoms with van der Waals surface area (Å²) in [6.45, 7) is 0.501. The minimum absolute atomic E-state index is 0.0216. The lowest BCUT2D eigenvalue weighted by Crippen LogP contribution is -2.08. The van der Waals surface area contributed by atoms with Crippen LogP contribution in [0.25, 0.3) is 0 Å². The van der Waals surface area contributed by atoms with E-state index in [2.05, 4.69) is 25.1 Å². The van der Waals surface area contributed by atoms with Crippen LogP contribution in [-0.4, -0.2) is 24.7 Å². The Kier molecular flexibility index (Phi) is 2.82. The van der Waals surface area contributed by atoms with Crippen molar-refractivity contribution in [2.75, 3.05) is 5.32 Å². The molecule has 3 rings (SSSR count). The summed E-state index contributed by atoms with van der Waals surface area (Å²) in [4.78, 5) is 14.0. The standard InChI is InChI=1S/C11H12N6O2/c18-17(19)9-3-4-10(12-5-9)13-6-11-15-14-7-16(11)8-1-2-8/h3-5,7-8H,1-2,6H2,(H,12,13). The number of nitro groups is 1. The number of aromatic nitrogens is 4. The average Bonchev–Trinajstić information content (AvgIpc) is 3.16. The molecule has 2 aromatic heterocycles. The second-order valence-electron chi connectivity index (χ2n) is 4.40. The van der Waals surface area contributed by atoms with Crippen molar-refractivity contribution < 1.29 is 4.92 Å². The largest absolute Gasteiger partial charge is 0.363 e. The Morgan fingerprint density at radius 2 is 2.32 bits per heavy atom. The Morgan fingerprint density at radius 1 is 1.47 bits per heavy atom. The van der Waals surface area contributed by atoms with Gasteiger partial charge in [0.05, 0.1) is 11.5 Å². The fraction of sp³-hybridized carbons (Fsp3) is 0.364. The van der Waals surface area contributed by atoms with E-state index in [1.807, 2.05) is 0 Å². The van der Waals surface area contributed by atoms with Crippen LogP contribution in [0.1, 0.15) is 24.7 Å². The fourth-order valence-electron chi connectivity index (χ4n) is 1.82. The predicted molar refractivity (Wildman–Crippen MR) is 66.5 cm³/mol. The van der Waals surface area contributed by atoms with Gasteiger partial charge < -0.3 is 9.88 Å². The molecule has 0 atom stereocenters. The van der Waals surface area contributed by atoms with Crippen LogP contribution in [0.3, 0.4) is 0 Å². The Bertz CT molecular complexity index is 589. The summed E-state index contributed by atoms with van der Waals surface area (Å²) in [6.07, 6.45) is 5.30. The lowest BCUT2D eigenvalue weighted by atomic mass is 10.4. The van der Waals surface area contributed by atoms with Crippen LogP contribution >= 0.6 is 0 Å². The molecule has 1 fully saturated rings. The first-order valence-electron chi connectivity index (χ1n) is 5.97. The number of anilines is 1. The summed E-state index contributed by atoms with van der Waals surface area (Å²) in [6, 6.07) is 3.52. The maximum atomic E-state index is 10.5. The second-order valence-corrected chi connectivity index (χ2v) is 4.40. The Balaban J connectivity index is 1.65. The predicted octanol–water partition coefficient (Wildman–Crippen LogP) is 1.53. The normalized spacial score (nSPS) is 14.3. The molecule has 98 valence electrons. The van der Waals surface area contributed by atoms with Gasteiger partial charge in [0.1, 0.15) is 18.3 Å². The molecule has 1 N–H and O–H groups in total. The van der Waals surface area contributed by atoms with E-state index in [1.165, 1.54) is 25.1 Å². The summed E-state index contributed by atoms with van der Waals surface area (Å²) >= 11 is 0. The molecule has 1 saturated carbocycles.